The fourth-order valence-electron chi connectivity index (χ4n) is 2.75. The number of benzene rings is 1. The number of ether oxygens (including phenoxy) is 1. The fraction of sp³-hybridized carbons (Fsp3) is 0.429. The lowest BCUT2D eigenvalue weighted by atomic mass is 10.0. The number of imide groups is 1. The third-order valence-corrected chi connectivity index (χ3v) is 3.79. The quantitative estimate of drug-likeness (QED) is 0.645. The van der Waals surface area contributed by atoms with Gasteiger partial charge in [-0.25, -0.2) is 0 Å². The van der Waals surface area contributed by atoms with Crippen molar-refractivity contribution in [2.24, 2.45) is 0 Å². The second-order valence-corrected chi connectivity index (χ2v) is 5.40. The largest absolute Gasteiger partial charge is 0.399 e. The monoisotopic (exact) mass is 260 g/mol. The SMILES string of the molecule is CC1(CN2C(=O)c3ccc(N)cc3C2=O)CCCO1. The Balaban J connectivity index is 1.90. The highest BCUT2D eigenvalue weighted by molar-refractivity contribution is 6.21. The first-order valence-corrected chi connectivity index (χ1v) is 6.40. The van der Waals surface area contributed by atoms with Gasteiger partial charge in [0.05, 0.1) is 23.3 Å². The number of fused-ring (bicyclic) bond motifs is 1. The first-order valence-electron chi connectivity index (χ1n) is 6.40. The van der Waals surface area contributed by atoms with Gasteiger partial charge in [0.1, 0.15) is 0 Å². The molecule has 19 heavy (non-hydrogen) atoms. The summed E-state index contributed by atoms with van der Waals surface area (Å²) in [6.45, 7) is 2.93. The third-order valence-electron chi connectivity index (χ3n) is 3.79. The molecule has 5 heteroatoms. The lowest BCUT2D eigenvalue weighted by Gasteiger charge is -2.27. The molecule has 2 amide bonds. The number of anilines is 1. The predicted molar refractivity (Wildman–Crippen MR) is 69.8 cm³/mol. The zero-order valence-electron chi connectivity index (χ0n) is 10.8. The number of hydrogen-bond donors (Lipinski definition) is 1. The van der Waals surface area contributed by atoms with Crippen molar-refractivity contribution in [3.8, 4) is 0 Å². The average molecular weight is 260 g/mol. The highest BCUT2D eigenvalue weighted by Gasteiger charge is 2.41. The van der Waals surface area contributed by atoms with E-state index in [1.54, 1.807) is 18.2 Å². The van der Waals surface area contributed by atoms with Crippen LogP contribution in [0.1, 0.15) is 40.5 Å². The first kappa shape index (κ1) is 12.2. The smallest absolute Gasteiger partial charge is 0.261 e. The van der Waals surface area contributed by atoms with Crippen molar-refractivity contribution in [1.29, 1.82) is 0 Å². The average Bonchev–Trinajstić information content (AvgIpc) is 2.89. The molecule has 2 N–H and O–H groups in total. The minimum atomic E-state index is -0.418. The van der Waals surface area contributed by atoms with Gasteiger partial charge in [0.2, 0.25) is 0 Å². The lowest BCUT2D eigenvalue weighted by molar-refractivity contribution is -0.00286. The summed E-state index contributed by atoms with van der Waals surface area (Å²) in [7, 11) is 0. The standard InChI is InChI=1S/C14H16N2O3/c1-14(5-2-6-19-14)8-16-12(17)10-4-3-9(15)7-11(10)13(16)18/h3-4,7H,2,5-6,8,15H2,1H3. The highest BCUT2D eigenvalue weighted by Crippen LogP contribution is 2.31. The van der Waals surface area contributed by atoms with E-state index in [0.717, 1.165) is 12.8 Å². The van der Waals surface area contributed by atoms with Crippen molar-refractivity contribution in [1.82, 2.24) is 4.90 Å². The van der Waals surface area contributed by atoms with Gasteiger partial charge in [0, 0.05) is 12.3 Å². The third kappa shape index (κ3) is 1.90. The van der Waals surface area contributed by atoms with Crippen molar-refractivity contribution in [2.75, 3.05) is 18.9 Å². The molecule has 0 radical (unpaired) electrons. The van der Waals surface area contributed by atoms with Crippen LogP contribution in [0.25, 0.3) is 0 Å². The number of hydrogen-bond acceptors (Lipinski definition) is 4. The van der Waals surface area contributed by atoms with Crippen molar-refractivity contribution in [3.05, 3.63) is 29.3 Å². The van der Waals surface area contributed by atoms with Crippen LogP contribution in [0.4, 0.5) is 5.69 Å². The summed E-state index contributed by atoms with van der Waals surface area (Å²) in [4.78, 5) is 25.8. The number of nitrogens with two attached hydrogens (primary N) is 1. The summed E-state index contributed by atoms with van der Waals surface area (Å²) in [6, 6.07) is 4.82. The Hall–Kier alpha value is -1.88. The molecular formula is C14H16N2O3. The Bertz CT molecular complexity index is 562. The molecule has 0 saturated carbocycles. The zero-order chi connectivity index (χ0) is 13.6. The molecule has 3 rings (SSSR count). The van der Waals surface area contributed by atoms with E-state index in [2.05, 4.69) is 0 Å². The van der Waals surface area contributed by atoms with Gasteiger partial charge in [-0.1, -0.05) is 0 Å². The summed E-state index contributed by atoms with van der Waals surface area (Å²) >= 11 is 0. The predicted octanol–water partition coefficient (Wildman–Crippen LogP) is 1.43. The molecule has 0 spiro atoms. The van der Waals surface area contributed by atoms with Crippen LogP contribution in [0.15, 0.2) is 18.2 Å². The number of carbonyl (C=O) groups is 2. The molecule has 1 aromatic rings. The number of carbonyl (C=O) groups excluding carboxylic acids is 2. The Morgan fingerprint density at radius 1 is 1.32 bits per heavy atom. The Labute approximate surface area is 111 Å². The number of rotatable bonds is 2. The van der Waals surface area contributed by atoms with Crippen LogP contribution in [0, 0.1) is 0 Å². The van der Waals surface area contributed by atoms with Gasteiger partial charge in [-0.3, -0.25) is 14.5 Å². The molecule has 1 fully saturated rings. The maximum absolute atomic E-state index is 12.3. The van der Waals surface area contributed by atoms with Crippen molar-refractivity contribution < 1.29 is 14.3 Å². The van der Waals surface area contributed by atoms with E-state index in [1.165, 1.54) is 4.90 Å². The van der Waals surface area contributed by atoms with Crippen LogP contribution in [0.2, 0.25) is 0 Å². The number of nitrogens with zero attached hydrogens (tertiary/aromatic N) is 1. The van der Waals surface area contributed by atoms with E-state index < -0.39 is 5.60 Å². The maximum Gasteiger partial charge on any atom is 0.261 e. The van der Waals surface area contributed by atoms with Gasteiger partial charge in [0.25, 0.3) is 11.8 Å². The Kier molecular flexibility index (Phi) is 2.60. The molecule has 0 aromatic heterocycles. The summed E-state index contributed by atoms with van der Waals surface area (Å²) in [5, 5.41) is 0. The first-order chi connectivity index (χ1) is 9.00. The van der Waals surface area contributed by atoms with Crippen LogP contribution in [0.5, 0.6) is 0 Å². The molecule has 1 aromatic carbocycles. The van der Waals surface area contributed by atoms with E-state index >= 15 is 0 Å². The molecule has 1 unspecified atom stereocenters. The second-order valence-electron chi connectivity index (χ2n) is 5.40. The molecule has 1 atom stereocenters. The molecule has 0 aliphatic carbocycles. The number of amides is 2. The fourth-order valence-corrected chi connectivity index (χ4v) is 2.75. The molecule has 0 bridgehead atoms. The Morgan fingerprint density at radius 2 is 2.05 bits per heavy atom. The summed E-state index contributed by atoms with van der Waals surface area (Å²) in [6.07, 6.45) is 1.83. The maximum atomic E-state index is 12.3. The molecule has 5 nitrogen and oxygen atoms in total. The van der Waals surface area contributed by atoms with E-state index in [0.29, 0.717) is 30.0 Å². The molecule has 2 aliphatic rings. The summed E-state index contributed by atoms with van der Waals surface area (Å²) in [5.74, 6) is -0.527. The van der Waals surface area contributed by atoms with Gasteiger partial charge < -0.3 is 10.5 Å². The van der Waals surface area contributed by atoms with E-state index in [-0.39, 0.29) is 11.8 Å². The van der Waals surface area contributed by atoms with Gasteiger partial charge >= 0.3 is 0 Å². The molecule has 100 valence electrons. The van der Waals surface area contributed by atoms with Crippen LogP contribution in [-0.2, 0) is 4.74 Å². The number of nitrogen functional groups attached to an aromatic ring is 1. The van der Waals surface area contributed by atoms with Crippen LogP contribution in [-0.4, -0.2) is 35.5 Å². The molecular weight excluding hydrogens is 244 g/mol. The minimum Gasteiger partial charge on any atom is -0.399 e. The zero-order valence-corrected chi connectivity index (χ0v) is 10.8. The summed E-state index contributed by atoms with van der Waals surface area (Å²) < 4.78 is 5.65. The second kappa shape index (κ2) is 4.06. The molecule has 2 heterocycles. The van der Waals surface area contributed by atoms with E-state index in [4.69, 9.17) is 10.5 Å². The highest BCUT2D eigenvalue weighted by atomic mass is 16.5. The molecule has 2 aliphatic heterocycles. The van der Waals surface area contributed by atoms with Crippen LogP contribution < -0.4 is 5.73 Å². The van der Waals surface area contributed by atoms with Gasteiger partial charge in [-0.05, 0) is 38.0 Å². The minimum absolute atomic E-state index is 0.253. The van der Waals surface area contributed by atoms with Crippen molar-refractivity contribution in [2.45, 2.75) is 25.4 Å². The van der Waals surface area contributed by atoms with Crippen LogP contribution in [0.3, 0.4) is 0 Å². The van der Waals surface area contributed by atoms with Crippen molar-refractivity contribution in [3.63, 3.8) is 0 Å². The Morgan fingerprint density at radius 3 is 2.74 bits per heavy atom. The normalized spacial score (nSPS) is 26.1. The van der Waals surface area contributed by atoms with Gasteiger partial charge in [-0.15, -0.1) is 0 Å². The van der Waals surface area contributed by atoms with Gasteiger partial charge in [0.15, 0.2) is 0 Å². The molecule has 1 saturated heterocycles. The lowest BCUT2D eigenvalue weighted by Crippen LogP contribution is -2.43. The topological polar surface area (TPSA) is 72.6 Å². The van der Waals surface area contributed by atoms with Crippen molar-refractivity contribution >= 4 is 17.5 Å². The van der Waals surface area contributed by atoms with Gasteiger partial charge in [-0.2, -0.15) is 0 Å². The van der Waals surface area contributed by atoms with E-state index in [9.17, 15) is 9.59 Å². The summed E-state index contributed by atoms with van der Waals surface area (Å²) in [5.41, 5.74) is 6.57. The van der Waals surface area contributed by atoms with Crippen LogP contribution >= 0.6 is 0 Å². The van der Waals surface area contributed by atoms with E-state index in [1.807, 2.05) is 6.92 Å².